The second-order valence-corrected chi connectivity index (χ2v) is 7.95. The number of amides is 2. The van der Waals surface area contributed by atoms with Gasteiger partial charge in [-0.3, -0.25) is 0 Å². The molecule has 0 bridgehead atoms. The summed E-state index contributed by atoms with van der Waals surface area (Å²) in [6, 6.07) is 0.350. The number of carbonyl (C=O) groups excluding carboxylic acids is 1. The molecule has 1 aromatic rings. The van der Waals surface area contributed by atoms with Crippen molar-refractivity contribution >= 4 is 17.4 Å². The molecule has 0 saturated heterocycles. The van der Waals surface area contributed by atoms with Crippen molar-refractivity contribution in [3.63, 3.8) is 0 Å². The summed E-state index contributed by atoms with van der Waals surface area (Å²) in [5.41, 5.74) is 1.59. The van der Waals surface area contributed by atoms with E-state index in [-0.39, 0.29) is 6.03 Å². The van der Waals surface area contributed by atoms with Crippen LogP contribution in [0.2, 0.25) is 0 Å². The molecule has 1 aliphatic heterocycles. The molecule has 22 heavy (non-hydrogen) atoms. The molecule has 5 nitrogen and oxygen atoms in total. The number of ether oxygens (including phenoxy) is 1. The third-order valence-electron chi connectivity index (χ3n) is 5.28. The van der Waals surface area contributed by atoms with Gasteiger partial charge in [0.2, 0.25) is 0 Å². The predicted molar refractivity (Wildman–Crippen MR) is 84.8 cm³/mol. The van der Waals surface area contributed by atoms with Gasteiger partial charge in [0.1, 0.15) is 5.01 Å². The highest BCUT2D eigenvalue weighted by Crippen LogP contribution is 2.56. The summed E-state index contributed by atoms with van der Waals surface area (Å²) in [6.07, 6.45) is 8.65. The van der Waals surface area contributed by atoms with Gasteiger partial charge in [0.05, 0.1) is 30.3 Å². The molecule has 1 spiro atoms. The van der Waals surface area contributed by atoms with E-state index in [2.05, 4.69) is 15.6 Å². The van der Waals surface area contributed by atoms with E-state index < -0.39 is 0 Å². The molecule has 2 heterocycles. The van der Waals surface area contributed by atoms with Crippen LogP contribution >= 0.6 is 11.3 Å². The summed E-state index contributed by atoms with van der Waals surface area (Å²) < 4.78 is 5.43. The standard InChI is InChI=1S/C16H23N3O2S/c20-15(19-13-8-16(13)5-2-1-3-6-16)17-9-14-18-11-4-7-21-10-12(11)22-14/h13H,1-10H2,(H2,17,19,20)/t13-/m0/s1. The minimum absolute atomic E-state index is 0.0446. The van der Waals surface area contributed by atoms with Crippen molar-refractivity contribution in [1.29, 1.82) is 0 Å². The van der Waals surface area contributed by atoms with Crippen LogP contribution in [-0.2, 0) is 24.3 Å². The van der Waals surface area contributed by atoms with Crippen LogP contribution in [0.15, 0.2) is 0 Å². The Morgan fingerprint density at radius 1 is 1.36 bits per heavy atom. The SMILES string of the molecule is O=C(NCc1nc2c(s1)COCC2)N[C@H]1CC12CCCCC2. The van der Waals surface area contributed by atoms with Gasteiger partial charge >= 0.3 is 6.03 Å². The minimum atomic E-state index is -0.0446. The Kier molecular flexibility index (Phi) is 3.82. The second kappa shape index (κ2) is 5.81. The molecule has 4 rings (SSSR count). The monoisotopic (exact) mass is 321 g/mol. The number of rotatable bonds is 3. The molecule has 2 fully saturated rings. The molecule has 0 radical (unpaired) electrons. The van der Waals surface area contributed by atoms with Crippen molar-refractivity contribution in [2.24, 2.45) is 5.41 Å². The van der Waals surface area contributed by atoms with E-state index >= 15 is 0 Å². The first-order valence-corrected chi connectivity index (χ1v) is 9.16. The zero-order valence-electron chi connectivity index (χ0n) is 12.8. The molecular weight excluding hydrogens is 298 g/mol. The van der Waals surface area contributed by atoms with Gasteiger partial charge in [-0.2, -0.15) is 0 Å². The van der Waals surface area contributed by atoms with Crippen molar-refractivity contribution in [1.82, 2.24) is 15.6 Å². The van der Waals surface area contributed by atoms with Gasteiger partial charge in [-0.05, 0) is 24.7 Å². The number of thiazole rings is 1. The highest BCUT2D eigenvalue weighted by Gasteiger charge is 2.54. The van der Waals surface area contributed by atoms with Crippen molar-refractivity contribution in [3.8, 4) is 0 Å². The number of hydrogen-bond acceptors (Lipinski definition) is 4. The van der Waals surface area contributed by atoms with E-state index in [0.717, 1.165) is 23.7 Å². The van der Waals surface area contributed by atoms with Gasteiger partial charge in [0, 0.05) is 12.5 Å². The number of nitrogens with zero attached hydrogens (tertiary/aromatic N) is 1. The fraction of sp³-hybridized carbons (Fsp3) is 0.750. The highest BCUT2D eigenvalue weighted by molar-refractivity contribution is 7.11. The zero-order valence-corrected chi connectivity index (χ0v) is 13.6. The number of hydrogen-bond donors (Lipinski definition) is 2. The third-order valence-corrected chi connectivity index (χ3v) is 6.35. The number of carbonyl (C=O) groups is 1. The molecule has 1 atom stereocenters. The Bertz CT molecular complexity index is 542. The molecule has 2 aliphatic carbocycles. The third kappa shape index (κ3) is 2.86. The van der Waals surface area contributed by atoms with Crippen LogP contribution in [0.4, 0.5) is 4.79 Å². The van der Waals surface area contributed by atoms with Gasteiger partial charge in [-0.15, -0.1) is 11.3 Å². The van der Waals surface area contributed by atoms with Crippen LogP contribution in [0.5, 0.6) is 0 Å². The lowest BCUT2D eigenvalue weighted by molar-refractivity contribution is 0.112. The van der Waals surface area contributed by atoms with E-state index in [4.69, 9.17) is 4.74 Å². The molecule has 2 N–H and O–H groups in total. The summed E-state index contributed by atoms with van der Waals surface area (Å²) in [5.74, 6) is 0. The predicted octanol–water partition coefficient (Wildman–Crippen LogP) is 2.74. The first kappa shape index (κ1) is 14.5. The largest absolute Gasteiger partial charge is 0.375 e. The van der Waals surface area contributed by atoms with E-state index in [1.54, 1.807) is 11.3 Å². The van der Waals surface area contributed by atoms with Gasteiger partial charge in [0.15, 0.2) is 0 Å². The van der Waals surface area contributed by atoms with E-state index in [0.29, 0.717) is 24.6 Å². The normalized spacial score (nSPS) is 25.5. The summed E-state index contributed by atoms with van der Waals surface area (Å²) >= 11 is 1.65. The Labute approximate surface area is 134 Å². The van der Waals surface area contributed by atoms with Gasteiger partial charge in [0.25, 0.3) is 0 Å². The van der Waals surface area contributed by atoms with Gasteiger partial charge < -0.3 is 15.4 Å². The fourth-order valence-corrected chi connectivity index (χ4v) is 4.87. The topological polar surface area (TPSA) is 63.2 Å². The molecule has 2 amide bonds. The summed E-state index contributed by atoms with van der Waals surface area (Å²) in [6.45, 7) is 1.95. The van der Waals surface area contributed by atoms with E-state index in [1.807, 2.05) is 0 Å². The lowest BCUT2D eigenvalue weighted by Crippen LogP contribution is -2.38. The smallest absolute Gasteiger partial charge is 0.315 e. The average Bonchev–Trinajstić information content (AvgIpc) is 3.00. The maximum Gasteiger partial charge on any atom is 0.315 e. The first-order valence-electron chi connectivity index (χ1n) is 8.35. The minimum Gasteiger partial charge on any atom is -0.375 e. The number of aromatic nitrogens is 1. The van der Waals surface area contributed by atoms with Crippen LogP contribution < -0.4 is 10.6 Å². The molecule has 2 saturated carbocycles. The van der Waals surface area contributed by atoms with Crippen LogP contribution in [-0.4, -0.2) is 23.7 Å². The zero-order chi connectivity index (χ0) is 15.0. The van der Waals surface area contributed by atoms with Crippen LogP contribution in [0, 0.1) is 5.41 Å². The quantitative estimate of drug-likeness (QED) is 0.900. The van der Waals surface area contributed by atoms with Crippen molar-refractivity contribution < 1.29 is 9.53 Å². The maximum absolute atomic E-state index is 12.1. The second-order valence-electron chi connectivity index (χ2n) is 6.79. The Morgan fingerprint density at radius 3 is 3.05 bits per heavy atom. The summed E-state index contributed by atoms with van der Waals surface area (Å²) in [4.78, 5) is 17.9. The average molecular weight is 321 g/mol. The highest BCUT2D eigenvalue weighted by atomic mass is 32.1. The number of urea groups is 1. The van der Waals surface area contributed by atoms with Crippen LogP contribution in [0.25, 0.3) is 0 Å². The maximum atomic E-state index is 12.1. The molecule has 0 unspecified atom stereocenters. The van der Waals surface area contributed by atoms with E-state index in [9.17, 15) is 4.79 Å². The lowest BCUT2D eigenvalue weighted by atomic mass is 9.86. The summed E-state index contributed by atoms with van der Waals surface area (Å²) in [7, 11) is 0. The van der Waals surface area contributed by atoms with Crippen molar-refractivity contribution in [3.05, 3.63) is 15.6 Å². The summed E-state index contributed by atoms with van der Waals surface area (Å²) in [5, 5.41) is 7.09. The van der Waals surface area contributed by atoms with E-state index in [1.165, 1.54) is 43.4 Å². The van der Waals surface area contributed by atoms with Crippen molar-refractivity contribution in [2.45, 2.75) is 64.1 Å². The van der Waals surface area contributed by atoms with Gasteiger partial charge in [-0.1, -0.05) is 19.3 Å². The Morgan fingerprint density at radius 2 is 2.23 bits per heavy atom. The first-order chi connectivity index (χ1) is 10.8. The Hall–Kier alpha value is -1.14. The molecule has 3 aliphatic rings. The molecule has 1 aromatic heterocycles. The van der Waals surface area contributed by atoms with Crippen LogP contribution in [0.1, 0.15) is 54.1 Å². The molecule has 120 valence electrons. The molecule has 0 aromatic carbocycles. The molecular formula is C16H23N3O2S. The number of fused-ring (bicyclic) bond motifs is 1. The van der Waals surface area contributed by atoms with Gasteiger partial charge in [-0.25, -0.2) is 9.78 Å². The van der Waals surface area contributed by atoms with Crippen LogP contribution in [0.3, 0.4) is 0 Å². The van der Waals surface area contributed by atoms with Crippen molar-refractivity contribution in [2.75, 3.05) is 6.61 Å². The number of nitrogens with one attached hydrogen (secondary N) is 2. The Balaban J connectivity index is 1.26. The fourth-order valence-electron chi connectivity index (χ4n) is 3.88. The lowest BCUT2D eigenvalue weighted by Gasteiger charge is -2.22. The molecule has 6 heteroatoms.